The standard InChI is InChI=1S/C21H22N4O/c1-2-25(18-11-7-4-8-12-18)21(26)19-15-20(24-16-23-19)22-14-13-17-9-5-3-6-10-17/h3-12,15-16H,2,13-14H2,1H3,(H,22,23,24). The Kier molecular flexibility index (Phi) is 5.93. The predicted molar refractivity (Wildman–Crippen MR) is 104 cm³/mol. The molecule has 0 atom stereocenters. The number of rotatable bonds is 7. The number of anilines is 2. The molecule has 0 aliphatic heterocycles. The molecule has 132 valence electrons. The fraction of sp³-hybridized carbons (Fsp3) is 0.190. The molecule has 1 heterocycles. The fourth-order valence-corrected chi connectivity index (χ4v) is 2.74. The number of carbonyl (C=O) groups excluding carboxylic acids is 1. The number of aromatic nitrogens is 2. The van der Waals surface area contributed by atoms with Crippen molar-refractivity contribution in [3.63, 3.8) is 0 Å². The second-order valence-electron chi connectivity index (χ2n) is 5.84. The van der Waals surface area contributed by atoms with E-state index in [2.05, 4.69) is 27.4 Å². The van der Waals surface area contributed by atoms with Gasteiger partial charge in [-0.05, 0) is 31.0 Å². The van der Waals surface area contributed by atoms with Gasteiger partial charge in [-0.2, -0.15) is 0 Å². The van der Waals surface area contributed by atoms with Crippen LogP contribution in [0.5, 0.6) is 0 Å². The number of carbonyl (C=O) groups is 1. The van der Waals surface area contributed by atoms with Crippen LogP contribution in [0.2, 0.25) is 0 Å². The second-order valence-corrected chi connectivity index (χ2v) is 5.84. The summed E-state index contributed by atoms with van der Waals surface area (Å²) >= 11 is 0. The van der Waals surface area contributed by atoms with Gasteiger partial charge in [0.15, 0.2) is 0 Å². The molecule has 0 unspecified atom stereocenters. The smallest absolute Gasteiger partial charge is 0.277 e. The Morgan fingerprint density at radius 2 is 1.69 bits per heavy atom. The molecule has 3 aromatic rings. The van der Waals surface area contributed by atoms with Crippen LogP contribution in [0.3, 0.4) is 0 Å². The minimum Gasteiger partial charge on any atom is -0.370 e. The van der Waals surface area contributed by atoms with Crippen LogP contribution in [0.25, 0.3) is 0 Å². The third-order valence-corrected chi connectivity index (χ3v) is 4.08. The molecule has 0 aliphatic rings. The molecule has 0 radical (unpaired) electrons. The first kappa shape index (κ1) is 17.6. The van der Waals surface area contributed by atoms with Gasteiger partial charge < -0.3 is 10.2 Å². The van der Waals surface area contributed by atoms with Gasteiger partial charge in [0, 0.05) is 24.8 Å². The van der Waals surface area contributed by atoms with E-state index in [9.17, 15) is 4.79 Å². The fourth-order valence-electron chi connectivity index (χ4n) is 2.74. The van der Waals surface area contributed by atoms with Crippen molar-refractivity contribution in [2.75, 3.05) is 23.3 Å². The summed E-state index contributed by atoms with van der Waals surface area (Å²) in [7, 11) is 0. The summed E-state index contributed by atoms with van der Waals surface area (Å²) in [5, 5.41) is 3.26. The number of benzene rings is 2. The van der Waals surface area contributed by atoms with Gasteiger partial charge in [0.2, 0.25) is 0 Å². The SMILES string of the molecule is CCN(C(=O)c1cc(NCCc2ccccc2)ncn1)c1ccccc1. The molecule has 1 amide bonds. The van der Waals surface area contributed by atoms with Crippen LogP contribution < -0.4 is 10.2 Å². The van der Waals surface area contributed by atoms with Crippen molar-refractivity contribution >= 4 is 17.4 Å². The average molecular weight is 346 g/mol. The van der Waals surface area contributed by atoms with Crippen molar-refractivity contribution in [1.82, 2.24) is 9.97 Å². The van der Waals surface area contributed by atoms with E-state index in [-0.39, 0.29) is 5.91 Å². The number of nitrogens with zero attached hydrogens (tertiary/aromatic N) is 3. The Bertz CT molecular complexity index is 837. The maximum absolute atomic E-state index is 12.8. The molecule has 26 heavy (non-hydrogen) atoms. The second kappa shape index (κ2) is 8.76. The number of hydrogen-bond acceptors (Lipinski definition) is 4. The molecule has 0 fully saturated rings. The first-order chi connectivity index (χ1) is 12.8. The van der Waals surface area contributed by atoms with Crippen LogP contribution in [-0.4, -0.2) is 29.0 Å². The van der Waals surface area contributed by atoms with Gasteiger partial charge in [0.05, 0.1) is 0 Å². The molecule has 0 saturated carbocycles. The summed E-state index contributed by atoms with van der Waals surface area (Å²) in [4.78, 5) is 22.9. The van der Waals surface area contributed by atoms with Crippen molar-refractivity contribution in [2.45, 2.75) is 13.3 Å². The van der Waals surface area contributed by atoms with Crippen LogP contribution in [0.4, 0.5) is 11.5 Å². The third kappa shape index (κ3) is 4.45. The molecule has 2 aromatic carbocycles. The highest BCUT2D eigenvalue weighted by Gasteiger charge is 2.17. The highest BCUT2D eigenvalue weighted by atomic mass is 16.2. The van der Waals surface area contributed by atoms with Crippen molar-refractivity contribution in [3.8, 4) is 0 Å². The minimum atomic E-state index is -0.132. The van der Waals surface area contributed by atoms with Gasteiger partial charge in [-0.3, -0.25) is 4.79 Å². The Morgan fingerprint density at radius 3 is 2.38 bits per heavy atom. The van der Waals surface area contributed by atoms with Gasteiger partial charge in [0.1, 0.15) is 17.8 Å². The van der Waals surface area contributed by atoms with Crippen LogP contribution in [0.15, 0.2) is 73.1 Å². The zero-order valence-corrected chi connectivity index (χ0v) is 14.8. The van der Waals surface area contributed by atoms with Crippen LogP contribution >= 0.6 is 0 Å². The molecule has 1 N–H and O–H groups in total. The van der Waals surface area contributed by atoms with Crippen molar-refractivity contribution in [1.29, 1.82) is 0 Å². The third-order valence-electron chi connectivity index (χ3n) is 4.08. The molecule has 0 spiro atoms. The van der Waals surface area contributed by atoms with E-state index in [1.54, 1.807) is 11.0 Å². The van der Waals surface area contributed by atoms with E-state index in [0.717, 1.165) is 18.7 Å². The quantitative estimate of drug-likeness (QED) is 0.707. The monoisotopic (exact) mass is 346 g/mol. The van der Waals surface area contributed by atoms with Gasteiger partial charge >= 0.3 is 0 Å². The molecule has 0 saturated heterocycles. The van der Waals surface area contributed by atoms with Crippen molar-refractivity contribution in [2.24, 2.45) is 0 Å². The van der Waals surface area contributed by atoms with E-state index in [1.807, 2.05) is 55.5 Å². The minimum absolute atomic E-state index is 0.132. The van der Waals surface area contributed by atoms with Crippen LogP contribution in [0.1, 0.15) is 23.0 Å². The van der Waals surface area contributed by atoms with Crippen molar-refractivity contribution in [3.05, 3.63) is 84.3 Å². The zero-order chi connectivity index (χ0) is 18.2. The molecule has 1 aromatic heterocycles. The highest BCUT2D eigenvalue weighted by molar-refractivity contribution is 6.05. The normalized spacial score (nSPS) is 10.3. The van der Waals surface area contributed by atoms with Crippen molar-refractivity contribution < 1.29 is 4.79 Å². The topological polar surface area (TPSA) is 58.1 Å². The van der Waals surface area contributed by atoms with Gasteiger partial charge in [-0.15, -0.1) is 0 Å². The van der Waals surface area contributed by atoms with E-state index in [1.165, 1.54) is 11.9 Å². The molecular weight excluding hydrogens is 324 g/mol. The Balaban J connectivity index is 1.67. The summed E-state index contributed by atoms with van der Waals surface area (Å²) in [6, 6.07) is 21.6. The lowest BCUT2D eigenvalue weighted by Crippen LogP contribution is -2.31. The molecule has 0 aliphatic carbocycles. The number of nitrogens with one attached hydrogen (secondary N) is 1. The molecule has 5 heteroatoms. The van der Waals surface area contributed by atoms with E-state index >= 15 is 0 Å². The summed E-state index contributed by atoms with van der Waals surface area (Å²) in [6.45, 7) is 3.26. The largest absolute Gasteiger partial charge is 0.370 e. The van der Waals surface area contributed by atoms with Gasteiger partial charge in [0.25, 0.3) is 5.91 Å². The van der Waals surface area contributed by atoms with E-state index < -0.39 is 0 Å². The van der Waals surface area contributed by atoms with E-state index in [0.29, 0.717) is 18.1 Å². The average Bonchev–Trinajstić information content (AvgIpc) is 2.70. The highest BCUT2D eigenvalue weighted by Crippen LogP contribution is 2.16. The lowest BCUT2D eigenvalue weighted by atomic mass is 10.1. The first-order valence-corrected chi connectivity index (χ1v) is 8.74. The Morgan fingerprint density at radius 1 is 1.00 bits per heavy atom. The molecule has 0 bridgehead atoms. The summed E-state index contributed by atoms with van der Waals surface area (Å²) in [6.07, 6.45) is 2.32. The Hall–Kier alpha value is -3.21. The van der Waals surface area contributed by atoms with E-state index in [4.69, 9.17) is 0 Å². The summed E-state index contributed by atoms with van der Waals surface area (Å²) < 4.78 is 0. The van der Waals surface area contributed by atoms with Crippen LogP contribution in [0, 0.1) is 0 Å². The van der Waals surface area contributed by atoms with Gasteiger partial charge in [-0.25, -0.2) is 9.97 Å². The number of hydrogen-bond donors (Lipinski definition) is 1. The molecule has 3 rings (SSSR count). The van der Waals surface area contributed by atoms with Crippen LogP contribution in [-0.2, 0) is 6.42 Å². The summed E-state index contributed by atoms with van der Waals surface area (Å²) in [5.41, 5.74) is 2.50. The molecular formula is C21H22N4O. The maximum atomic E-state index is 12.8. The zero-order valence-electron chi connectivity index (χ0n) is 14.8. The lowest BCUT2D eigenvalue weighted by molar-refractivity contribution is 0.0983. The molecule has 5 nitrogen and oxygen atoms in total. The maximum Gasteiger partial charge on any atom is 0.277 e. The van der Waals surface area contributed by atoms with Gasteiger partial charge in [-0.1, -0.05) is 48.5 Å². The number of amides is 1. The lowest BCUT2D eigenvalue weighted by Gasteiger charge is -2.20. The summed E-state index contributed by atoms with van der Waals surface area (Å²) in [5.74, 6) is 0.524. The number of para-hydroxylation sites is 1. The Labute approximate surface area is 153 Å². The predicted octanol–water partition coefficient (Wildman–Crippen LogP) is 3.80. The first-order valence-electron chi connectivity index (χ1n) is 8.74.